The number of methoxy groups -OCH3 is 1. The summed E-state index contributed by atoms with van der Waals surface area (Å²) in [5, 5.41) is 0.860. The number of aryl methyl sites for hydroxylation is 1. The molecule has 0 spiro atoms. The molecule has 27 heavy (non-hydrogen) atoms. The highest BCUT2D eigenvalue weighted by Crippen LogP contribution is 2.35. The number of aromatic nitrogens is 1. The van der Waals surface area contributed by atoms with Crippen molar-refractivity contribution in [1.29, 1.82) is 0 Å². The van der Waals surface area contributed by atoms with Crippen molar-refractivity contribution < 1.29 is 18.3 Å². The molecule has 140 valence electrons. The zero-order chi connectivity index (χ0) is 19.7. The van der Waals surface area contributed by atoms with E-state index in [2.05, 4.69) is 4.98 Å². The number of ether oxygens (including phenoxy) is 1. The van der Waals surface area contributed by atoms with Crippen molar-refractivity contribution in [2.45, 2.75) is 13.3 Å². The van der Waals surface area contributed by atoms with E-state index >= 15 is 0 Å². The fraction of sp³-hybridized carbons (Fsp3) is 0.238. The molecule has 0 saturated heterocycles. The van der Waals surface area contributed by atoms with Gasteiger partial charge in [-0.05, 0) is 36.2 Å². The van der Waals surface area contributed by atoms with Gasteiger partial charge in [-0.25, -0.2) is 13.8 Å². The molecule has 1 heterocycles. The van der Waals surface area contributed by atoms with Gasteiger partial charge in [0.15, 0.2) is 11.6 Å². The molecule has 0 fully saturated rings. The molecule has 6 heteroatoms. The summed E-state index contributed by atoms with van der Waals surface area (Å²) in [6.07, 6.45) is 0.170. The zero-order valence-corrected chi connectivity index (χ0v) is 15.6. The van der Waals surface area contributed by atoms with Crippen LogP contribution in [0.5, 0.6) is 5.75 Å². The van der Waals surface area contributed by atoms with E-state index in [1.807, 2.05) is 25.1 Å². The Hall–Kier alpha value is -3.02. The first-order chi connectivity index (χ1) is 12.8. The molecule has 1 aromatic heterocycles. The van der Waals surface area contributed by atoms with Crippen LogP contribution in [-0.2, 0) is 11.2 Å². The molecule has 0 aliphatic carbocycles. The summed E-state index contributed by atoms with van der Waals surface area (Å²) in [4.78, 5) is 18.2. The predicted octanol–water partition coefficient (Wildman–Crippen LogP) is 4.13. The van der Waals surface area contributed by atoms with Gasteiger partial charge in [0, 0.05) is 19.5 Å². The molecule has 2 aromatic carbocycles. The lowest BCUT2D eigenvalue weighted by atomic mass is 10.00. The molecule has 0 aliphatic rings. The van der Waals surface area contributed by atoms with Gasteiger partial charge >= 0.3 is 0 Å². The third kappa shape index (κ3) is 3.47. The van der Waals surface area contributed by atoms with Crippen LogP contribution in [0.25, 0.3) is 22.2 Å². The fourth-order valence-electron chi connectivity index (χ4n) is 3.01. The minimum Gasteiger partial charge on any atom is -0.496 e. The van der Waals surface area contributed by atoms with Gasteiger partial charge in [0.2, 0.25) is 5.91 Å². The molecular formula is C21H20F2N2O2. The van der Waals surface area contributed by atoms with Crippen LogP contribution in [0.15, 0.2) is 36.4 Å². The largest absolute Gasteiger partial charge is 0.496 e. The number of benzene rings is 2. The van der Waals surface area contributed by atoms with Gasteiger partial charge in [-0.15, -0.1) is 0 Å². The monoisotopic (exact) mass is 370 g/mol. The van der Waals surface area contributed by atoms with Gasteiger partial charge < -0.3 is 9.64 Å². The van der Waals surface area contributed by atoms with Crippen molar-refractivity contribution in [3.05, 3.63) is 59.2 Å². The number of hydrogen-bond donors (Lipinski definition) is 0. The molecule has 3 aromatic rings. The number of nitrogens with zero attached hydrogens (tertiary/aromatic N) is 2. The maximum Gasteiger partial charge on any atom is 0.226 e. The Morgan fingerprint density at radius 1 is 1.19 bits per heavy atom. The van der Waals surface area contributed by atoms with Gasteiger partial charge in [0.1, 0.15) is 5.75 Å². The number of para-hydroxylation sites is 1. The number of carbonyl (C=O) groups is 1. The molecule has 0 N–H and O–H groups in total. The highest BCUT2D eigenvalue weighted by molar-refractivity contribution is 5.91. The van der Waals surface area contributed by atoms with Crippen LogP contribution >= 0.6 is 0 Å². The first-order valence-corrected chi connectivity index (χ1v) is 8.45. The van der Waals surface area contributed by atoms with Crippen LogP contribution in [-0.4, -0.2) is 37.0 Å². The first-order valence-electron chi connectivity index (χ1n) is 8.45. The molecule has 1 amide bonds. The van der Waals surface area contributed by atoms with Crippen LogP contribution in [0.2, 0.25) is 0 Å². The Morgan fingerprint density at radius 2 is 1.93 bits per heavy atom. The van der Waals surface area contributed by atoms with Crippen LogP contribution in [0.3, 0.4) is 0 Å². The van der Waals surface area contributed by atoms with E-state index in [9.17, 15) is 13.6 Å². The van der Waals surface area contributed by atoms with Gasteiger partial charge in [-0.2, -0.15) is 0 Å². The summed E-state index contributed by atoms with van der Waals surface area (Å²) >= 11 is 0. The van der Waals surface area contributed by atoms with Gasteiger partial charge in [0.05, 0.1) is 30.3 Å². The van der Waals surface area contributed by atoms with Crippen molar-refractivity contribution in [3.63, 3.8) is 0 Å². The first kappa shape index (κ1) is 18.8. The van der Waals surface area contributed by atoms with Crippen molar-refractivity contribution in [2.75, 3.05) is 21.2 Å². The Labute approximate surface area is 156 Å². The quantitative estimate of drug-likeness (QED) is 0.694. The molecule has 0 aliphatic heterocycles. The van der Waals surface area contributed by atoms with E-state index in [0.29, 0.717) is 5.52 Å². The molecule has 0 unspecified atom stereocenters. The normalized spacial score (nSPS) is 10.9. The van der Waals surface area contributed by atoms with E-state index in [1.54, 1.807) is 20.2 Å². The smallest absolute Gasteiger partial charge is 0.226 e. The summed E-state index contributed by atoms with van der Waals surface area (Å²) < 4.78 is 33.6. The number of rotatable bonds is 4. The number of pyridine rings is 1. The third-order valence-corrected chi connectivity index (χ3v) is 4.50. The van der Waals surface area contributed by atoms with Crippen LogP contribution in [0.1, 0.15) is 11.1 Å². The summed E-state index contributed by atoms with van der Waals surface area (Å²) in [6.45, 7) is 1.87. The Balaban J connectivity index is 2.26. The second-order valence-corrected chi connectivity index (χ2v) is 6.54. The molecule has 0 radical (unpaired) electrons. The van der Waals surface area contributed by atoms with Gasteiger partial charge in [-0.1, -0.05) is 18.2 Å². The molecule has 0 bridgehead atoms. The SMILES string of the molecule is COc1ccc(F)c(F)c1-c1cc(C)c2cccc(CC(=O)N(C)C)c2n1. The standard InChI is InChI=1S/C21H20F2N2O2/c1-12-10-16(19-17(27-4)9-8-15(22)20(19)23)24-21-13(6-5-7-14(12)21)11-18(26)25(2)3/h5-10H,11H2,1-4H3. The van der Waals surface area contributed by atoms with E-state index in [0.717, 1.165) is 22.6 Å². The molecular weight excluding hydrogens is 350 g/mol. The molecule has 0 saturated carbocycles. The maximum absolute atomic E-state index is 14.5. The number of hydrogen-bond acceptors (Lipinski definition) is 3. The average molecular weight is 370 g/mol. The minimum absolute atomic E-state index is 0.0313. The topological polar surface area (TPSA) is 42.4 Å². The zero-order valence-electron chi connectivity index (χ0n) is 15.6. The fourth-order valence-corrected chi connectivity index (χ4v) is 3.01. The van der Waals surface area contributed by atoms with Gasteiger partial charge in [-0.3, -0.25) is 4.79 Å². The van der Waals surface area contributed by atoms with Crippen LogP contribution < -0.4 is 4.74 Å². The van der Waals surface area contributed by atoms with Crippen molar-refractivity contribution >= 4 is 16.8 Å². The Morgan fingerprint density at radius 3 is 2.59 bits per heavy atom. The Bertz CT molecular complexity index is 1030. The van der Waals surface area contributed by atoms with Crippen molar-refractivity contribution in [3.8, 4) is 17.0 Å². The second kappa shape index (κ2) is 7.31. The summed E-state index contributed by atoms with van der Waals surface area (Å²) in [7, 11) is 4.76. The van der Waals surface area contributed by atoms with Crippen molar-refractivity contribution in [1.82, 2.24) is 9.88 Å². The highest BCUT2D eigenvalue weighted by Gasteiger charge is 2.19. The number of likely N-dealkylation sites (N-methyl/N-ethyl adjacent to an activating group) is 1. The maximum atomic E-state index is 14.5. The molecule has 0 atom stereocenters. The summed E-state index contributed by atoms with van der Waals surface area (Å²) in [6, 6.07) is 9.66. The lowest BCUT2D eigenvalue weighted by molar-refractivity contribution is -0.127. The lowest BCUT2D eigenvalue weighted by Gasteiger charge is -2.15. The third-order valence-electron chi connectivity index (χ3n) is 4.50. The van der Waals surface area contributed by atoms with E-state index in [4.69, 9.17) is 4.74 Å². The number of carbonyl (C=O) groups excluding carboxylic acids is 1. The summed E-state index contributed by atoms with van der Waals surface area (Å²) in [5.74, 6) is -1.85. The number of amides is 1. The molecule has 4 nitrogen and oxygen atoms in total. The van der Waals surface area contributed by atoms with E-state index < -0.39 is 11.6 Å². The average Bonchev–Trinajstić information content (AvgIpc) is 2.64. The molecule has 3 rings (SSSR count). The number of halogens is 2. The number of fused-ring (bicyclic) bond motifs is 1. The second-order valence-electron chi connectivity index (χ2n) is 6.54. The van der Waals surface area contributed by atoms with Gasteiger partial charge in [0.25, 0.3) is 0 Å². The van der Waals surface area contributed by atoms with Crippen molar-refractivity contribution in [2.24, 2.45) is 0 Å². The minimum atomic E-state index is -1.01. The summed E-state index contributed by atoms with van der Waals surface area (Å²) in [5.41, 5.74) is 2.40. The van der Waals surface area contributed by atoms with Crippen LogP contribution in [0, 0.1) is 18.6 Å². The Kier molecular flexibility index (Phi) is 5.08. The van der Waals surface area contributed by atoms with Crippen LogP contribution in [0.4, 0.5) is 8.78 Å². The lowest BCUT2D eigenvalue weighted by Crippen LogP contribution is -2.23. The predicted molar refractivity (Wildman–Crippen MR) is 101 cm³/mol. The van der Waals surface area contributed by atoms with E-state index in [1.165, 1.54) is 18.1 Å². The van der Waals surface area contributed by atoms with E-state index in [-0.39, 0.29) is 29.3 Å². The highest BCUT2D eigenvalue weighted by atomic mass is 19.2.